The number of rotatable bonds is 9. The van der Waals surface area contributed by atoms with Crippen molar-refractivity contribution in [2.24, 2.45) is 5.92 Å². The molecule has 0 aromatic carbocycles. The van der Waals surface area contributed by atoms with Crippen molar-refractivity contribution in [3.8, 4) is 0 Å². The van der Waals surface area contributed by atoms with Gasteiger partial charge in [-0.15, -0.1) is 0 Å². The van der Waals surface area contributed by atoms with Gasteiger partial charge >= 0.3 is 0 Å². The summed E-state index contributed by atoms with van der Waals surface area (Å²) in [6.07, 6.45) is 5.83. The van der Waals surface area contributed by atoms with Crippen LogP contribution in [0.25, 0.3) is 0 Å². The molecule has 0 saturated heterocycles. The summed E-state index contributed by atoms with van der Waals surface area (Å²) in [6, 6.07) is -0.269. The number of unbranched alkanes of at least 4 members (excludes halogenated alkanes) is 3. The molecular formula is C15H30N2O2. The first-order chi connectivity index (χ1) is 8.88. The maximum absolute atomic E-state index is 12.1. The minimum absolute atomic E-state index is 0.0757. The summed E-state index contributed by atoms with van der Waals surface area (Å²) in [4.78, 5) is 23.2. The zero-order chi connectivity index (χ0) is 14.8. The molecule has 112 valence electrons. The Balaban J connectivity index is 4.12. The van der Waals surface area contributed by atoms with Crippen LogP contribution < -0.4 is 10.6 Å². The number of nitrogens with one attached hydrogen (secondary N) is 2. The van der Waals surface area contributed by atoms with Crippen LogP contribution in [-0.4, -0.2) is 23.9 Å². The van der Waals surface area contributed by atoms with Gasteiger partial charge in [0.2, 0.25) is 11.8 Å². The molecule has 2 atom stereocenters. The molecule has 0 aliphatic rings. The third-order valence-electron chi connectivity index (χ3n) is 3.19. The molecule has 4 nitrogen and oxygen atoms in total. The third-order valence-corrected chi connectivity index (χ3v) is 3.19. The highest BCUT2D eigenvalue weighted by atomic mass is 16.2. The lowest BCUT2D eigenvalue weighted by atomic mass is 10.0. The van der Waals surface area contributed by atoms with Crippen molar-refractivity contribution < 1.29 is 9.59 Å². The van der Waals surface area contributed by atoms with Crippen molar-refractivity contribution in [3.05, 3.63) is 0 Å². The van der Waals surface area contributed by atoms with Crippen molar-refractivity contribution in [2.75, 3.05) is 0 Å². The standard InChI is InChI=1S/C15H30N2O2/c1-6-7-8-9-10-12(4)16-15(19)14(11(2)3)17-13(5)18/h11-12,14H,6-10H2,1-5H3,(H,16,19)(H,17,18). The van der Waals surface area contributed by atoms with Crippen molar-refractivity contribution in [2.45, 2.75) is 78.8 Å². The molecule has 0 spiro atoms. The van der Waals surface area contributed by atoms with E-state index in [-0.39, 0.29) is 23.8 Å². The Hall–Kier alpha value is -1.06. The first-order valence-electron chi connectivity index (χ1n) is 7.46. The quantitative estimate of drug-likeness (QED) is 0.633. The minimum atomic E-state index is -0.435. The fourth-order valence-electron chi connectivity index (χ4n) is 2.04. The number of carbonyl (C=O) groups is 2. The first-order valence-corrected chi connectivity index (χ1v) is 7.46. The highest BCUT2D eigenvalue weighted by molar-refractivity contribution is 5.87. The van der Waals surface area contributed by atoms with Gasteiger partial charge in [0, 0.05) is 13.0 Å². The molecule has 19 heavy (non-hydrogen) atoms. The molecule has 2 unspecified atom stereocenters. The summed E-state index contributed by atoms with van der Waals surface area (Å²) in [6.45, 7) is 9.52. The fourth-order valence-corrected chi connectivity index (χ4v) is 2.04. The lowest BCUT2D eigenvalue weighted by Crippen LogP contribution is -2.51. The van der Waals surface area contributed by atoms with E-state index in [1.807, 2.05) is 20.8 Å². The summed E-state index contributed by atoms with van der Waals surface area (Å²) >= 11 is 0. The van der Waals surface area contributed by atoms with E-state index in [1.165, 1.54) is 26.2 Å². The fraction of sp³-hybridized carbons (Fsp3) is 0.867. The van der Waals surface area contributed by atoms with E-state index in [0.29, 0.717) is 0 Å². The van der Waals surface area contributed by atoms with Gasteiger partial charge in [0.25, 0.3) is 0 Å². The van der Waals surface area contributed by atoms with Gasteiger partial charge < -0.3 is 10.6 Å². The highest BCUT2D eigenvalue weighted by Crippen LogP contribution is 2.07. The molecule has 2 N–H and O–H groups in total. The summed E-state index contributed by atoms with van der Waals surface area (Å²) in [5.41, 5.74) is 0. The van der Waals surface area contributed by atoms with Gasteiger partial charge in [0.1, 0.15) is 6.04 Å². The van der Waals surface area contributed by atoms with Crippen LogP contribution in [0.3, 0.4) is 0 Å². The Kier molecular flexibility index (Phi) is 9.27. The van der Waals surface area contributed by atoms with Gasteiger partial charge in [-0.05, 0) is 19.3 Å². The lowest BCUT2D eigenvalue weighted by molar-refractivity contribution is -0.129. The van der Waals surface area contributed by atoms with Gasteiger partial charge in [-0.3, -0.25) is 9.59 Å². The molecule has 0 aliphatic carbocycles. The third kappa shape index (κ3) is 8.62. The molecule has 0 rings (SSSR count). The molecule has 0 aliphatic heterocycles. The molecular weight excluding hydrogens is 240 g/mol. The molecule has 0 bridgehead atoms. The van der Waals surface area contributed by atoms with Crippen molar-refractivity contribution >= 4 is 11.8 Å². The minimum Gasteiger partial charge on any atom is -0.352 e. The van der Waals surface area contributed by atoms with Gasteiger partial charge in [0.05, 0.1) is 0 Å². The van der Waals surface area contributed by atoms with E-state index >= 15 is 0 Å². The Morgan fingerprint density at radius 1 is 1.00 bits per heavy atom. The zero-order valence-electron chi connectivity index (χ0n) is 13.1. The van der Waals surface area contributed by atoms with Crippen LogP contribution in [-0.2, 0) is 9.59 Å². The molecule has 0 aromatic rings. The summed E-state index contributed by atoms with van der Waals surface area (Å²) in [5, 5.41) is 5.70. The van der Waals surface area contributed by atoms with Crippen LogP contribution in [0.15, 0.2) is 0 Å². The van der Waals surface area contributed by atoms with Crippen LogP contribution in [0.1, 0.15) is 66.7 Å². The second-order valence-corrected chi connectivity index (χ2v) is 5.68. The molecule has 0 saturated carbocycles. The van der Waals surface area contributed by atoms with E-state index in [2.05, 4.69) is 17.6 Å². The Morgan fingerprint density at radius 3 is 2.11 bits per heavy atom. The van der Waals surface area contributed by atoms with Crippen LogP contribution in [0.2, 0.25) is 0 Å². The van der Waals surface area contributed by atoms with Gasteiger partial charge in [-0.25, -0.2) is 0 Å². The number of hydrogen-bond acceptors (Lipinski definition) is 2. The molecule has 4 heteroatoms. The highest BCUT2D eigenvalue weighted by Gasteiger charge is 2.23. The molecule has 0 fully saturated rings. The predicted octanol–water partition coefficient (Wildman–Crippen LogP) is 2.62. The number of amides is 2. The monoisotopic (exact) mass is 270 g/mol. The Morgan fingerprint density at radius 2 is 1.63 bits per heavy atom. The van der Waals surface area contributed by atoms with E-state index in [4.69, 9.17) is 0 Å². The predicted molar refractivity (Wildman–Crippen MR) is 78.8 cm³/mol. The van der Waals surface area contributed by atoms with E-state index < -0.39 is 6.04 Å². The Bertz CT molecular complexity index is 277. The van der Waals surface area contributed by atoms with E-state index in [9.17, 15) is 9.59 Å². The first kappa shape index (κ1) is 17.9. The second kappa shape index (κ2) is 9.82. The van der Waals surface area contributed by atoms with Crippen LogP contribution in [0.4, 0.5) is 0 Å². The average Bonchev–Trinajstić information content (AvgIpc) is 2.31. The van der Waals surface area contributed by atoms with Crippen molar-refractivity contribution in [1.82, 2.24) is 10.6 Å². The molecule has 2 amide bonds. The zero-order valence-corrected chi connectivity index (χ0v) is 13.1. The van der Waals surface area contributed by atoms with Crippen molar-refractivity contribution in [3.63, 3.8) is 0 Å². The number of carbonyl (C=O) groups excluding carboxylic acids is 2. The molecule has 0 aromatic heterocycles. The van der Waals surface area contributed by atoms with E-state index in [0.717, 1.165) is 12.8 Å². The lowest BCUT2D eigenvalue weighted by Gasteiger charge is -2.23. The average molecular weight is 270 g/mol. The summed E-state index contributed by atoms with van der Waals surface area (Å²) < 4.78 is 0. The van der Waals surface area contributed by atoms with Crippen LogP contribution in [0.5, 0.6) is 0 Å². The van der Waals surface area contributed by atoms with Gasteiger partial charge in [0.15, 0.2) is 0 Å². The number of hydrogen-bond donors (Lipinski definition) is 2. The van der Waals surface area contributed by atoms with Crippen molar-refractivity contribution in [1.29, 1.82) is 0 Å². The topological polar surface area (TPSA) is 58.2 Å². The Labute approximate surface area is 117 Å². The normalized spacial score (nSPS) is 14.0. The van der Waals surface area contributed by atoms with E-state index in [1.54, 1.807) is 0 Å². The second-order valence-electron chi connectivity index (χ2n) is 5.68. The summed E-state index contributed by atoms with van der Waals surface area (Å²) in [5.74, 6) is -0.145. The largest absolute Gasteiger partial charge is 0.352 e. The molecule has 0 heterocycles. The van der Waals surface area contributed by atoms with Crippen LogP contribution >= 0.6 is 0 Å². The smallest absolute Gasteiger partial charge is 0.243 e. The van der Waals surface area contributed by atoms with Gasteiger partial charge in [-0.2, -0.15) is 0 Å². The maximum Gasteiger partial charge on any atom is 0.243 e. The molecule has 0 radical (unpaired) electrons. The maximum atomic E-state index is 12.1. The van der Waals surface area contributed by atoms with Crippen LogP contribution in [0, 0.1) is 5.92 Å². The SMILES string of the molecule is CCCCCCC(C)NC(=O)C(NC(C)=O)C(C)C. The van der Waals surface area contributed by atoms with Gasteiger partial charge in [-0.1, -0.05) is 46.5 Å². The summed E-state index contributed by atoms with van der Waals surface area (Å²) in [7, 11) is 0.